The molecule has 0 saturated carbocycles. The first-order valence-corrected chi connectivity index (χ1v) is 14.8. The number of carbonyl (C=O) groups excluding carboxylic acids is 4. The van der Waals surface area contributed by atoms with Crippen molar-refractivity contribution in [3.05, 3.63) is 150 Å². The molecule has 5 atom stereocenters. The first-order valence-electron chi connectivity index (χ1n) is 14.8. The van der Waals surface area contributed by atoms with E-state index in [-0.39, 0.29) is 16.7 Å². The molecular formula is C37H32O10. The Labute approximate surface area is 271 Å². The van der Waals surface area contributed by atoms with Crippen molar-refractivity contribution in [2.24, 2.45) is 0 Å². The SMILES string of the molecule is CO[C@H]1O[C@H](COC(=O)/C=C/c2ccccc2)[C@@H](OC(=O)c2ccccc2)[C@H](OC(=O)c2ccccc2)[C@H]1OC(=O)c1ccccc1. The summed E-state index contributed by atoms with van der Waals surface area (Å²) in [6, 6.07) is 33.6. The maximum atomic E-state index is 13.4. The summed E-state index contributed by atoms with van der Waals surface area (Å²) in [4.78, 5) is 52.8. The number of methoxy groups -OCH3 is 1. The van der Waals surface area contributed by atoms with E-state index in [0.29, 0.717) is 0 Å². The quantitative estimate of drug-likeness (QED) is 0.122. The fourth-order valence-corrected chi connectivity index (χ4v) is 4.84. The van der Waals surface area contributed by atoms with Gasteiger partial charge in [-0.2, -0.15) is 0 Å². The summed E-state index contributed by atoms with van der Waals surface area (Å²) < 4.78 is 34.8. The fraction of sp³-hybridized carbons (Fsp3) is 0.189. The van der Waals surface area contributed by atoms with Crippen LogP contribution in [-0.2, 0) is 33.2 Å². The molecule has 5 rings (SSSR count). The first-order chi connectivity index (χ1) is 22.9. The van der Waals surface area contributed by atoms with Crippen molar-refractivity contribution in [2.45, 2.75) is 30.7 Å². The van der Waals surface area contributed by atoms with E-state index in [9.17, 15) is 19.2 Å². The maximum Gasteiger partial charge on any atom is 0.338 e. The number of esters is 4. The second-order valence-electron chi connectivity index (χ2n) is 10.4. The molecule has 0 aromatic heterocycles. The lowest BCUT2D eigenvalue weighted by Gasteiger charge is -2.43. The van der Waals surface area contributed by atoms with Crippen LogP contribution in [0.4, 0.5) is 0 Å². The Balaban J connectivity index is 1.47. The zero-order valence-corrected chi connectivity index (χ0v) is 25.4. The molecule has 10 nitrogen and oxygen atoms in total. The second-order valence-corrected chi connectivity index (χ2v) is 10.4. The molecule has 0 radical (unpaired) electrons. The molecule has 1 fully saturated rings. The van der Waals surface area contributed by atoms with Crippen LogP contribution >= 0.6 is 0 Å². The number of hydrogen-bond acceptors (Lipinski definition) is 10. The van der Waals surface area contributed by atoms with E-state index < -0.39 is 61.2 Å². The summed E-state index contributed by atoms with van der Waals surface area (Å²) in [7, 11) is 1.31. The summed E-state index contributed by atoms with van der Waals surface area (Å²) in [6.07, 6.45) is -3.97. The summed E-state index contributed by atoms with van der Waals surface area (Å²) in [5, 5.41) is 0. The van der Waals surface area contributed by atoms with Crippen molar-refractivity contribution in [3.63, 3.8) is 0 Å². The van der Waals surface area contributed by atoms with Crippen LogP contribution < -0.4 is 0 Å². The number of ether oxygens (including phenoxy) is 6. The van der Waals surface area contributed by atoms with E-state index in [1.807, 2.05) is 30.3 Å². The zero-order chi connectivity index (χ0) is 33.0. The van der Waals surface area contributed by atoms with Gasteiger partial charge in [-0.1, -0.05) is 84.9 Å². The van der Waals surface area contributed by atoms with Crippen LogP contribution in [0.1, 0.15) is 36.6 Å². The summed E-state index contributed by atoms with van der Waals surface area (Å²) >= 11 is 0. The average Bonchev–Trinajstić information content (AvgIpc) is 3.12. The monoisotopic (exact) mass is 636 g/mol. The van der Waals surface area contributed by atoms with E-state index in [1.165, 1.54) is 13.2 Å². The predicted octanol–water partition coefficient (Wildman–Crippen LogP) is 5.29. The normalized spacial score (nSPS) is 20.6. The van der Waals surface area contributed by atoms with Gasteiger partial charge in [0.15, 0.2) is 24.6 Å². The number of hydrogen-bond donors (Lipinski definition) is 0. The molecular weight excluding hydrogens is 604 g/mol. The lowest BCUT2D eigenvalue weighted by atomic mass is 9.97. The molecule has 0 amide bonds. The Hall–Kier alpha value is -5.58. The minimum atomic E-state index is -1.45. The van der Waals surface area contributed by atoms with Gasteiger partial charge in [-0.25, -0.2) is 19.2 Å². The van der Waals surface area contributed by atoms with Gasteiger partial charge in [0.05, 0.1) is 16.7 Å². The summed E-state index contributed by atoms with van der Waals surface area (Å²) in [5.41, 5.74) is 1.40. The molecule has 240 valence electrons. The average molecular weight is 637 g/mol. The van der Waals surface area contributed by atoms with Crippen molar-refractivity contribution >= 4 is 30.0 Å². The highest BCUT2D eigenvalue weighted by Gasteiger charge is 2.53. The van der Waals surface area contributed by atoms with Gasteiger partial charge in [0, 0.05) is 13.2 Å². The van der Waals surface area contributed by atoms with Crippen molar-refractivity contribution in [2.75, 3.05) is 13.7 Å². The molecule has 0 spiro atoms. The van der Waals surface area contributed by atoms with Crippen molar-refractivity contribution in [3.8, 4) is 0 Å². The van der Waals surface area contributed by atoms with Crippen LogP contribution in [0, 0.1) is 0 Å². The number of benzene rings is 4. The molecule has 4 aromatic rings. The highest BCUT2D eigenvalue weighted by molar-refractivity contribution is 5.91. The Bertz CT molecular complexity index is 1660. The van der Waals surface area contributed by atoms with Gasteiger partial charge in [0.1, 0.15) is 12.7 Å². The highest BCUT2D eigenvalue weighted by Crippen LogP contribution is 2.31. The Morgan fingerprint density at radius 2 is 1.02 bits per heavy atom. The highest BCUT2D eigenvalue weighted by atomic mass is 16.7. The Morgan fingerprint density at radius 3 is 1.49 bits per heavy atom. The van der Waals surface area contributed by atoms with Gasteiger partial charge in [0.25, 0.3) is 0 Å². The van der Waals surface area contributed by atoms with E-state index in [2.05, 4.69) is 0 Å². The van der Waals surface area contributed by atoms with Gasteiger partial charge in [0.2, 0.25) is 0 Å². The van der Waals surface area contributed by atoms with E-state index >= 15 is 0 Å². The second kappa shape index (κ2) is 16.1. The molecule has 0 unspecified atom stereocenters. The predicted molar refractivity (Wildman–Crippen MR) is 169 cm³/mol. The first kappa shape index (κ1) is 32.8. The lowest BCUT2D eigenvalue weighted by molar-refractivity contribution is -0.292. The van der Waals surface area contributed by atoms with Gasteiger partial charge in [-0.05, 0) is 48.0 Å². The van der Waals surface area contributed by atoms with E-state index in [1.54, 1.807) is 97.1 Å². The van der Waals surface area contributed by atoms with Crippen LogP contribution in [0.15, 0.2) is 127 Å². The fourth-order valence-electron chi connectivity index (χ4n) is 4.84. The summed E-state index contributed by atoms with van der Waals surface area (Å²) in [6.45, 7) is -0.427. The molecule has 10 heteroatoms. The minimum absolute atomic E-state index is 0.197. The standard InChI is InChI=1S/C37H32O10/c1-42-37-33(47-36(41)28-20-12-5-13-21-28)32(46-35(40)27-18-10-4-11-19-27)31(45-34(39)26-16-8-3-9-17-26)29(44-37)24-43-30(38)23-22-25-14-6-2-7-15-25/h2-23,29,31-33,37H,24H2,1H3/b23-22+/t29-,31-,32+,33-,37+/m1/s1. The third-order valence-corrected chi connectivity index (χ3v) is 7.18. The van der Waals surface area contributed by atoms with Crippen LogP contribution in [0.2, 0.25) is 0 Å². The van der Waals surface area contributed by atoms with Gasteiger partial charge in [-0.15, -0.1) is 0 Å². The van der Waals surface area contributed by atoms with E-state index in [0.717, 1.165) is 5.56 Å². The molecule has 0 aliphatic carbocycles. The number of carbonyl (C=O) groups is 4. The van der Waals surface area contributed by atoms with Crippen molar-refractivity contribution in [1.29, 1.82) is 0 Å². The largest absolute Gasteiger partial charge is 0.460 e. The summed E-state index contributed by atoms with van der Waals surface area (Å²) in [5.74, 6) is -3.01. The maximum absolute atomic E-state index is 13.4. The van der Waals surface area contributed by atoms with Gasteiger partial charge < -0.3 is 28.4 Å². The van der Waals surface area contributed by atoms with Crippen molar-refractivity contribution < 1.29 is 47.6 Å². The van der Waals surface area contributed by atoms with Gasteiger partial charge >= 0.3 is 23.9 Å². The molecule has 1 heterocycles. The molecule has 1 saturated heterocycles. The number of rotatable bonds is 11. The molecule has 1 aliphatic rings. The Morgan fingerprint density at radius 1 is 0.596 bits per heavy atom. The minimum Gasteiger partial charge on any atom is -0.460 e. The third-order valence-electron chi connectivity index (χ3n) is 7.18. The molecule has 0 N–H and O–H groups in total. The molecule has 1 aliphatic heterocycles. The van der Waals surface area contributed by atoms with Crippen LogP contribution in [0.25, 0.3) is 6.08 Å². The topological polar surface area (TPSA) is 124 Å². The van der Waals surface area contributed by atoms with Crippen LogP contribution in [0.3, 0.4) is 0 Å². The molecule has 0 bridgehead atoms. The zero-order valence-electron chi connectivity index (χ0n) is 25.4. The Kier molecular flexibility index (Phi) is 11.3. The smallest absolute Gasteiger partial charge is 0.338 e. The van der Waals surface area contributed by atoms with E-state index in [4.69, 9.17) is 28.4 Å². The third kappa shape index (κ3) is 8.78. The van der Waals surface area contributed by atoms with Gasteiger partial charge in [-0.3, -0.25) is 0 Å². The molecule has 4 aromatic carbocycles. The molecule has 47 heavy (non-hydrogen) atoms. The van der Waals surface area contributed by atoms with Crippen LogP contribution in [-0.4, -0.2) is 68.3 Å². The van der Waals surface area contributed by atoms with Crippen molar-refractivity contribution in [1.82, 2.24) is 0 Å². The lowest BCUT2D eigenvalue weighted by Crippen LogP contribution is -2.63. The van der Waals surface area contributed by atoms with Crippen LogP contribution in [0.5, 0.6) is 0 Å².